The lowest BCUT2D eigenvalue weighted by molar-refractivity contribution is -0.122. The number of carbonyl (C=O) groups excluding carboxylic acids is 1. The van der Waals surface area contributed by atoms with Crippen LogP contribution in [0.2, 0.25) is 10.0 Å². The van der Waals surface area contributed by atoms with Gasteiger partial charge in [0.25, 0.3) is 0 Å². The molecule has 0 saturated carbocycles. The zero-order chi connectivity index (χ0) is 32.0. The molecule has 0 bridgehead atoms. The Bertz CT molecular complexity index is 1170. The summed E-state index contributed by atoms with van der Waals surface area (Å²) in [6, 6.07) is 12.5. The molecular formula is C34H51Cl2N3O4S. The van der Waals surface area contributed by atoms with Gasteiger partial charge < -0.3 is 24.8 Å². The number of rotatable bonds is 20. The molecule has 7 nitrogen and oxygen atoms in total. The van der Waals surface area contributed by atoms with Gasteiger partial charge in [-0.3, -0.25) is 9.52 Å². The van der Waals surface area contributed by atoms with Crippen LogP contribution < -0.4 is 10.0 Å². The third-order valence-electron chi connectivity index (χ3n) is 8.11. The summed E-state index contributed by atoms with van der Waals surface area (Å²) in [7, 11) is 2.12. The number of unbranched alkanes of at least 4 members (excludes halogenated alkanes) is 1. The van der Waals surface area contributed by atoms with Crippen LogP contribution >= 0.6 is 35.1 Å². The Morgan fingerprint density at radius 2 is 1.89 bits per heavy atom. The molecule has 2 aromatic carbocycles. The standard InChI is InChI=1S/C34H51Cl2N3O4S/c1-5-6-11-34(3,22-25(2)40)12-10-33(41)37-13-15-42-17-18-43-16-14-38-44-28-9-7-8-26(19-28)30-23-39(4)24-31-29(30)20-27(35)21-32(31)36/h7-9,19-21,25,30,38,40H,5-6,10-18,22-24H2,1-4H3,(H,37,41)/t25?,30-,34?/m0/s1. The SMILES string of the molecule is CCCCC(C)(CCC(=O)NCCOCCOCCNSc1cccc([C@@H]2CN(C)Cc3c(Cl)cc(Cl)cc32)c1)CC(C)O. The van der Waals surface area contributed by atoms with E-state index in [4.69, 9.17) is 32.7 Å². The summed E-state index contributed by atoms with van der Waals surface area (Å²) < 4.78 is 14.7. The minimum Gasteiger partial charge on any atom is -0.393 e. The lowest BCUT2D eigenvalue weighted by Crippen LogP contribution is -2.31. The summed E-state index contributed by atoms with van der Waals surface area (Å²) in [6.07, 6.45) is 4.90. The lowest BCUT2D eigenvalue weighted by Gasteiger charge is -2.33. The third-order valence-corrected chi connectivity index (χ3v) is 9.50. The number of hydrogen-bond donors (Lipinski definition) is 3. The number of aliphatic hydroxyl groups excluding tert-OH is 1. The zero-order valence-electron chi connectivity index (χ0n) is 26.8. The summed E-state index contributed by atoms with van der Waals surface area (Å²) >= 11 is 14.5. The van der Waals surface area contributed by atoms with Crippen molar-refractivity contribution in [1.29, 1.82) is 0 Å². The lowest BCUT2D eigenvalue weighted by atomic mass is 9.76. The number of hydrogen-bond acceptors (Lipinski definition) is 7. The summed E-state index contributed by atoms with van der Waals surface area (Å²) in [4.78, 5) is 15.7. The highest BCUT2D eigenvalue weighted by Gasteiger charge is 2.28. The molecule has 0 fully saturated rings. The number of fused-ring (bicyclic) bond motifs is 1. The molecule has 0 aliphatic carbocycles. The maximum absolute atomic E-state index is 12.3. The Labute approximate surface area is 278 Å². The van der Waals surface area contributed by atoms with E-state index in [9.17, 15) is 9.90 Å². The van der Waals surface area contributed by atoms with Gasteiger partial charge in [0.2, 0.25) is 5.91 Å². The normalized spacial score (nSPS) is 17.2. The second kappa shape index (κ2) is 19.3. The molecule has 1 heterocycles. The number of likely N-dealkylation sites (N-methyl/N-ethyl adjacent to an activating group) is 1. The molecule has 3 N–H and O–H groups in total. The fraction of sp³-hybridized carbons (Fsp3) is 0.618. The molecule has 1 aliphatic rings. The van der Waals surface area contributed by atoms with E-state index in [1.807, 2.05) is 13.0 Å². The van der Waals surface area contributed by atoms with Gasteiger partial charge in [0.05, 0.1) is 32.5 Å². The van der Waals surface area contributed by atoms with Crippen molar-refractivity contribution in [3.05, 3.63) is 63.1 Å². The minimum atomic E-state index is -0.350. The molecule has 246 valence electrons. The van der Waals surface area contributed by atoms with Crippen LogP contribution in [0.4, 0.5) is 0 Å². The van der Waals surface area contributed by atoms with E-state index in [-0.39, 0.29) is 23.3 Å². The van der Waals surface area contributed by atoms with Crippen molar-refractivity contribution in [2.24, 2.45) is 5.41 Å². The van der Waals surface area contributed by atoms with Crippen LogP contribution in [0.1, 0.15) is 81.9 Å². The topological polar surface area (TPSA) is 83.1 Å². The highest BCUT2D eigenvalue weighted by atomic mass is 35.5. The second-order valence-corrected chi connectivity index (χ2v) is 14.1. The van der Waals surface area contributed by atoms with Crippen molar-refractivity contribution < 1.29 is 19.4 Å². The van der Waals surface area contributed by atoms with Gasteiger partial charge in [-0.15, -0.1) is 0 Å². The van der Waals surface area contributed by atoms with E-state index in [2.05, 4.69) is 66.2 Å². The van der Waals surface area contributed by atoms with Gasteiger partial charge in [-0.1, -0.05) is 62.0 Å². The van der Waals surface area contributed by atoms with Gasteiger partial charge in [0.1, 0.15) is 0 Å². The van der Waals surface area contributed by atoms with Gasteiger partial charge in [-0.25, -0.2) is 0 Å². The predicted octanol–water partition coefficient (Wildman–Crippen LogP) is 7.06. The van der Waals surface area contributed by atoms with E-state index in [1.54, 1.807) is 11.9 Å². The van der Waals surface area contributed by atoms with Crippen LogP contribution in [-0.4, -0.2) is 75.1 Å². The molecule has 10 heteroatoms. The van der Waals surface area contributed by atoms with Crippen LogP contribution in [0.5, 0.6) is 0 Å². The van der Waals surface area contributed by atoms with Crippen LogP contribution in [0, 0.1) is 5.41 Å². The smallest absolute Gasteiger partial charge is 0.220 e. The van der Waals surface area contributed by atoms with E-state index >= 15 is 0 Å². The Kier molecular flexibility index (Phi) is 16.3. The maximum atomic E-state index is 12.3. The van der Waals surface area contributed by atoms with Crippen LogP contribution in [-0.2, 0) is 20.8 Å². The highest BCUT2D eigenvalue weighted by molar-refractivity contribution is 7.97. The maximum Gasteiger partial charge on any atom is 0.220 e. The van der Waals surface area contributed by atoms with Crippen LogP contribution in [0.15, 0.2) is 41.3 Å². The van der Waals surface area contributed by atoms with Gasteiger partial charge in [-0.2, -0.15) is 0 Å². The van der Waals surface area contributed by atoms with E-state index in [0.29, 0.717) is 51.0 Å². The Morgan fingerprint density at radius 1 is 1.14 bits per heavy atom. The molecule has 3 rings (SSSR count). The van der Waals surface area contributed by atoms with Crippen molar-refractivity contribution in [2.45, 2.75) is 82.8 Å². The molecule has 0 aromatic heterocycles. The minimum absolute atomic E-state index is 0.00356. The first-order valence-electron chi connectivity index (χ1n) is 15.9. The first-order chi connectivity index (χ1) is 21.1. The number of halogens is 2. The molecule has 1 aliphatic heterocycles. The quantitative estimate of drug-likeness (QED) is 0.103. The number of benzene rings is 2. The molecular weight excluding hydrogens is 617 g/mol. The summed E-state index contributed by atoms with van der Waals surface area (Å²) in [5, 5.41) is 14.2. The van der Waals surface area contributed by atoms with Crippen molar-refractivity contribution in [2.75, 3.05) is 53.1 Å². The Morgan fingerprint density at radius 3 is 2.61 bits per heavy atom. The Balaban J connectivity index is 1.26. The number of nitrogens with zero attached hydrogens (tertiary/aromatic N) is 1. The molecule has 2 aromatic rings. The fourth-order valence-corrected chi connectivity index (χ4v) is 7.17. The van der Waals surface area contributed by atoms with Crippen molar-refractivity contribution in [1.82, 2.24) is 14.9 Å². The first kappa shape index (κ1) is 37.1. The van der Waals surface area contributed by atoms with Crippen LogP contribution in [0.25, 0.3) is 0 Å². The highest BCUT2D eigenvalue weighted by Crippen LogP contribution is 2.39. The van der Waals surface area contributed by atoms with E-state index in [0.717, 1.165) is 60.7 Å². The van der Waals surface area contributed by atoms with Crippen molar-refractivity contribution in [3.63, 3.8) is 0 Å². The van der Waals surface area contributed by atoms with Gasteiger partial charge in [0, 0.05) is 53.5 Å². The average molecular weight is 669 g/mol. The number of aliphatic hydroxyl groups is 1. The molecule has 0 saturated heterocycles. The molecule has 0 spiro atoms. The largest absolute Gasteiger partial charge is 0.393 e. The van der Waals surface area contributed by atoms with Crippen molar-refractivity contribution in [3.8, 4) is 0 Å². The number of nitrogens with one attached hydrogen (secondary N) is 2. The summed E-state index contributed by atoms with van der Waals surface area (Å²) in [5.74, 6) is 0.251. The zero-order valence-corrected chi connectivity index (χ0v) is 29.1. The molecule has 44 heavy (non-hydrogen) atoms. The molecule has 1 amide bonds. The number of amides is 1. The van der Waals surface area contributed by atoms with Gasteiger partial charge >= 0.3 is 0 Å². The van der Waals surface area contributed by atoms with Crippen LogP contribution in [0.3, 0.4) is 0 Å². The third kappa shape index (κ3) is 12.8. The molecule has 0 radical (unpaired) electrons. The monoisotopic (exact) mass is 667 g/mol. The first-order valence-corrected chi connectivity index (χ1v) is 17.4. The summed E-state index contributed by atoms with van der Waals surface area (Å²) in [5.41, 5.74) is 3.61. The van der Waals surface area contributed by atoms with E-state index < -0.39 is 0 Å². The van der Waals surface area contributed by atoms with E-state index in [1.165, 1.54) is 11.1 Å². The predicted molar refractivity (Wildman–Crippen MR) is 183 cm³/mol. The van der Waals surface area contributed by atoms with Gasteiger partial charge in [0.15, 0.2) is 0 Å². The number of ether oxygens (including phenoxy) is 2. The van der Waals surface area contributed by atoms with Crippen molar-refractivity contribution >= 4 is 41.1 Å². The molecule has 2 unspecified atom stereocenters. The van der Waals surface area contributed by atoms with Gasteiger partial charge in [-0.05, 0) is 91.6 Å². The number of carbonyl (C=O) groups is 1. The average Bonchev–Trinajstić information content (AvgIpc) is 2.98. The summed E-state index contributed by atoms with van der Waals surface area (Å²) in [6.45, 7) is 11.1. The Hall–Kier alpha value is -1.36. The fourth-order valence-electron chi connectivity index (χ4n) is 5.91. The second-order valence-electron chi connectivity index (χ2n) is 12.3. The molecule has 3 atom stereocenters.